The zero-order valence-electron chi connectivity index (χ0n) is 22.6. The van der Waals surface area contributed by atoms with E-state index in [1.54, 1.807) is 43.3 Å². The molecule has 14 nitrogen and oxygen atoms in total. The number of anilines is 2. The maximum atomic E-state index is 12.4. The Morgan fingerprint density at radius 2 is 1.62 bits per heavy atom. The number of rotatable bonds is 10. The van der Waals surface area contributed by atoms with Gasteiger partial charge in [0, 0.05) is 43.4 Å². The molecule has 0 atom stereocenters. The predicted molar refractivity (Wildman–Crippen MR) is 150 cm³/mol. The number of aromatic nitrogens is 5. The van der Waals surface area contributed by atoms with Gasteiger partial charge in [-0.3, -0.25) is 0 Å². The smallest absolute Gasteiger partial charge is 0.341 e. The first-order valence-electron chi connectivity index (χ1n) is 12.4. The fourth-order valence-corrected chi connectivity index (χ4v) is 3.26. The standard InChI is InChI=1S/C23H22N6O4.C5H4N2O2/c1-3-33-22(31)18-14-28-23(29-20(18)16-6-4-15(12-24)5-7-16)26-11-10-25-19-9-8-17(13-27-19)21(30)32-2;8-5(9)4-1-6-3-7-2-4/h4-9,13-14H,3,10-11H2,1-2H3,(H,25,27)(H,26,28,29);1-3H,(H,8,9). The number of ether oxygens (including phenoxy) is 2. The van der Waals surface area contributed by atoms with Crippen LogP contribution in [0, 0.1) is 11.3 Å². The molecule has 0 spiro atoms. The molecule has 0 aliphatic carbocycles. The van der Waals surface area contributed by atoms with Gasteiger partial charge in [0.25, 0.3) is 0 Å². The number of carbonyl (C=O) groups excluding carboxylic acids is 2. The monoisotopic (exact) mass is 570 g/mol. The minimum absolute atomic E-state index is 0.109. The number of nitrogens with one attached hydrogen (secondary N) is 2. The molecule has 214 valence electrons. The molecule has 1 aromatic carbocycles. The number of nitriles is 1. The van der Waals surface area contributed by atoms with Gasteiger partial charge in [-0.1, -0.05) is 12.1 Å². The number of hydrogen-bond donors (Lipinski definition) is 3. The first-order chi connectivity index (χ1) is 20.4. The fraction of sp³-hybridized carbons (Fsp3) is 0.179. The van der Waals surface area contributed by atoms with Crippen molar-refractivity contribution in [3.05, 3.63) is 89.8 Å². The van der Waals surface area contributed by atoms with Gasteiger partial charge in [-0.15, -0.1) is 0 Å². The first-order valence-corrected chi connectivity index (χ1v) is 12.4. The summed E-state index contributed by atoms with van der Waals surface area (Å²) < 4.78 is 9.76. The molecular weight excluding hydrogens is 544 g/mol. The number of carboxylic acids is 1. The normalized spacial score (nSPS) is 9.83. The minimum Gasteiger partial charge on any atom is -0.478 e. The summed E-state index contributed by atoms with van der Waals surface area (Å²) in [5.41, 5.74) is 2.28. The lowest BCUT2D eigenvalue weighted by atomic mass is 10.1. The maximum Gasteiger partial charge on any atom is 0.341 e. The van der Waals surface area contributed by atoms with Crippen LogP contribution in [0.2, 0.25) is 0 Å². The van der Waals surface area contributed by atoms with Crippen LogP contribution in [0.3, 0.4) is 0 Å². The van der Waals surface area contributed by atoms with Crippen molar-refractivity contribution in [1.29, 1.82) is 5.26 Å². The Kier molecular flexibility index (Phi) is 11.3. The predicted octanol–water partition coefficient (Wildman–Crippen LogP) is 3.07. The molecule has 3 aromatic heterocycles. The summed E-state index contributed by atoms with van der Waals surface area (Å²) in [5, 5.41) is 23.5. The van der Waals surface area contributed by atoms with Crippen molar-refractivity contribution < 1.29 is 29.0 Å². The Morgan fingerprint density at radius 3 is 2.19 bits per heavy atom. The quantitative estimate of drug-likeness (QED) is 0.185. The van der Waals surface area contributed by atoms with Crippen LogP contribution < -0.4 is 10.6 Å². The van der Waals surface area contributed by atoms with Crippen LogP contribution in [0.4, 0.5) is 11.8 Å². The molecule has 0 unspecified atom stereocenters. The van der Waals surface area contributed by atoms with Crippen LogP contribution >= 0.6 is 0 Å². The summed E-state index contributed by atoms with van der Waals surface area (Å²) in [4.78, 5) is 53.8. The molecule has 0 aliphatic rings. The summed E-state index contributed by atoms with van der Waals surface area (Å²) in [5.74, 6) is -1.04. The Balaban J connectivity index is 0.000000458. The van der Waals surface area contributed by atoms with Crippen LogP contribution in [0.5, 0.6) is 0 Å². The zero-order valence-corrected chi connectivity index (χ0v) is 22.6. The maximum absolute atomic E-state index is 12.4. The topological polar surface area (TPSA) is 202 Å². The van der Waals surface area contributed by atoms with Crippen LogP contribution in [0.25, 0.3) is 11.3 Å². The molecular formula is C28H26N8O6. The van der Waals surface area contributed by atoms with Crippen molar-refractivity contribution >= 4 is 29.7 Å². The molecule has 0 radical (unpaired) electrons. The summed E-state index contributed by atoms with van der Waals surface area (Å²) in [6, 6.07) is 12.1. The highest BCUT2D eigenvalue weighted by molar-refractivity contribution is 5.96. The molecule has 0 saturated carbocycles. The van der Waals surface area contributed by atoms with Crippen LogP contribution in [0.1, 0.15) is 43.6 Å². The molecule has 4 aromatic rings. The third kappa shape index (κ3) is 8.78. The molecule has 14 heteroatoms. The van der Waals surface area contributed by atoms with Gasteiger partial charge >= 0.3 is 17.9 Å². The fourth-order valence-electron chi connectivity index (χ4n) is 3.26. The number of pyridine rings is 1. The van der Waals surface area contributed by atoms with Crippen molar-refractivity contribution in [2.75, 3.05) is 37.4 Å². The molecule has 0 amide bonds. The van der Waals surface area contributed by atoms with E-state index in [-0.39, 0.29) is 17.7 Å². The van der Waals surface area contributed by atoms with Crippen LogP contribution in [0.15, 0.2) is 67.5 Å². The summed E-state index contributed by atoms with van der Waals surface area (Å²) in [6.07, 6.45) is 6.63. The lowest BCUT2D eigenvalue weighted by molar-refractivity contribution is 0.0524. The van der Waals surface area contributed by atoms with Gasteiger partial charge in [0.1, 0.15) is 17.7 Å². The minimum atomic E-state index is -1.00. The van der Waals surface area contributed by atoms with Gasteiger partial charge in [-0.2, -0.15) is 5.26 Å². The molecule has 0 fully saturated rings. The number of esters is 2. The van der Waals surface area contributed by atoms with E-state index in [1.165, 1.54) is 38.2 Å². The van der Waals surface area contributed by atoms with E-state index in [9.17, 15) is 14.4 Å². The van der Waals surface area contributed by atoms with Gasteiger partial charge in [0.15, 0.2) is 0 Å². The van der Waals surface area contributed by atoms with Crippen LogP contribution in [-0.2, 0) is 9.47 Å². The number of nitrogens with zero attached hydrogens (tertiary/aromatic N) is 6. The average molecular weight is 571 g/mol. The third-order valence-electron chi connectivity index (χ3n) is 5.28. The van der Waals surface area contributed by atoms with Gasteiger partial charge in [0.2, 0.25) is 5.95 Å². The highest BCUT2D eigenvalue weighted by Gasteiger charge is 2.17. The number of carbonyl (C=O) groups is 3. The van der Waals surface area contributed by atoms with Gasteiger partial charge in [-0.05, 0) is 31.2 Å². The summed E-state index contributed by atoms with van der Waals surface area (Å²) in [7, 11) is 1.31. The number of hydrogen-bond acceptors (Lipinski definition) is 13. The van der Waals surface area contributed by atoms with E-state index in [4.69, 9.17) is 15.1 Å². The van der Waals surface area contributed by atoms with E-state index in [0.29, 0.717) is 47.2 Å². The Hall–Kier alpha value is -5.97. The highest BCUT2D eigenvalue weighted by atomic mass is 16.5. The van der Waals surface area contributed by atoms with E-state index >= 15 is 0 Å². The molecule has 0 bridgehead atoms. The highest BCUT2D eigenvalue weighted by Crippen LogP contribution is 2.23. The lowest BCUT2D eigenvalue weighted by Crippen LogP contribution is -2.17. The summed E-state index contributed by atoms with van der Waals surface area (Å²) >= 11 is 0. The second-order valence-corrected chi connectivity index (χ2v) is 8.08. The van der Waals surface area contributed by atoms with E-state index in [0.717, 1.165) is 0 Å². The molecule has 4 rings (SSSR count). The Labute approximate surface area is 240 Å². The lowest BCUT2D eigenvalue weighted by Gasteiger charge is -2.11. The largest absolute Gasteiger partial charge is 0.478 e. The van der Waals surface area contributed by atoms with E-state index < -0.39 is 17.9 Å². The van der Waals surface area contributed by atoms with Crippen LogP contribution in [-0.4, -0.2) is 74.7 Å². The second kappa shape index (κ2) is 15.6. The molecule has 3 N–H and O–H groups in total. The number of carboxylic acid groups (broad SMARTS) is 1. The second-order valence-electron chi connectivity index (χ2n) is 8.08. The van der Waals surface area contributed by atoms with E-state index in [1.807, 2.05) is 0 Å². The van der Waals surface area contributed by atoms with Crippen molar-refractivity contribution in [1.82, 2.24) is 24.9 Å². The molecule has 42 heavy (non-hydrogen) atoms. The van der Waals surface area contributed by atoms with Gasteiger partial charge in [0.05, 0.1) is 42.2 Å². The van der Waals surface area contributed by atoms with Gasteiger partial charge in [-0.25, -0.2) is 39.3 Å². The van der Waals surface area contributed by atoms with E-state index in [2.05, 4.69) is 46.4 Å². The summed E-state index contributed by atoms with van der Waals surface area (Å²) in [6.45, 7) is 2.92. The molecule has 3 heterocycles. The Morgan fingerprint density at radius 1 is 0.905 bits per heavy atom. The first kappa shape index (κ1) is 30.6. The van der Waals surface area contributed by atoms with Crippen molar-refractivity contribution in [3.63, 3.8) is 0 Å². The van der Waals surface area contributed by atoms with Gasteiger partial charge < -0.3 is 25.2 Å². The number of aromatic carboxylic acids is 1. The zero-order chi connectivity index (χ0) is 30.3. The number of methoxy groups -OCH3 is 1. The molecule has 0 aliphatic heterocycles. The van der Waals surface area contributed by atoms with Crippen molar-refractivity contribution in [2.24, 2.45) is 0 Å². The average Bonchev–Trinajstić information content (AvgIpc) is 3.03. The third-order valence-corrected chi connectivity index (χ3v) is 5.28. The number of benzene rings is 1. The SMILES string of the molecule is CCOC(=O)c1cnc(NCCNc2ccc(C(=O)OC)cn2)nc1-c1ccc(C#N)cc1.O=C(O)c1cncnc1. The Bertz CT molecular complexity index is 1540. The molecule has 0 saturated heterocycles. The van der Waals surface area contributed by atoms with Crippen molar-refractivity contribution in [2.45, 2.75) is 6.92 Å². The van der Waals surface area contributed by atoms with Crippen molar-refractivity contribution in [3.8, 4) is 17.3 Å².